The molecule has 4 nitrogen and oxygen atoms in total. The quantitative estimate of drug-likeness (QED) is 0.340. The summed E-state index contributed by atoms with van der Waals surface area (Å²) in [6.45, 7) is 0.540. The third-order valence-electron chi connectivity index (χ3n) is 5.87. The van der Waals surface area contributed by atoms with Crippen molar-refractivity contribution >= 4 is 11.7 Å². The molecule has 1 saturated carbocycles. The Bertz CT molecular complexity index is 1020. The van der Waals surface area contributed by atoms with Gasteiger partial charge in [-0.25, -0.2) is 0 Å². The number of hydrogen-bond acceptors (Lipinski definition) is 4. The zero-order valence-corrected chi connectivity index (χ0v) is 19.7. The molecule has 1 aliphatic heterocycles. The van der Waals surface area contributed by atoms with Crippen LogP contribution in [0, 0.1) is 6.20 Å². The Morgan fingerprint density at radius 3 is 2.30 bits per heavy atom. The van der Waals surface area contributed by atoms with Crippen molar-refractivity contribution in [1.29, 1.82) is 0 Å². The molecule has 2 aliphatic rings. The van der Waals surface area contributed by atoms with Gasteiger partial charge in [0.25, 0.3) is 0 Å². The van der Waals surface area contributed by atoms with Gasteiger partial charge < -0.3 is 15.3 Å². The molecule has 5 heteroatoms. The van der Waals surface area contributed by atoms with Crippen LogP contribution in [-0.2, 0) is 27.0 Å². The molecular formula is C25H25N4Re-. The summed E-state index contributed by atoms with van der Waals surface area (Å²) in [5.74, 6) is 0.689. The topological polar surface area (TPSA) is 50.2 Å². The number of aliphatic imine (C=N–C) groups is 1. The van der Waals surface area contributed by atoms with E-state index >= 15 is 0 Å². The Kier molecular flexibility index (Phi) is 6.72. The summed E-state index contributed by atoms with van der Waals surface area (Å²) in [6, 6.07) is 19.2. The van der Waals surface area contributed by atoms with Crippen LogP contribution in [0.25, 0.3) is 11.3 Å². The monoisotopic (exact) mass is 568 g/mol. The van der Waals surface area contributed by atoms with Gasteiger partial charge in [0.05, 0.1) is 5.71 Å². The Labute approximate surface area is 191 Å². The average Bonchev–Trinajstić information content (AvgIpc) is 3.12. The van der Waals surface area contributed by atoms with E-state index in [0.29, 0.717) is 18.5 Å². The van der Waals surface area contributed by atoms with Crippen LogP contribution in [0.2, 0.25) is 0 Å². The molecule has 1 N–H and O–H groups in total. The molecule has 1 fully saturated rings. The first kappa shape index (κ1) is 20.9. The van der Waals surface area contributed by atoms with E-state index in [-0.39, 0.29) is 20.4 Å². The zero-order valence-electron chi connectivity index (χ0n) is 16.9. The van der Waals surface area contributed by atoms with Crippen LogP contribution in [0.3, 0.4) is 0 Å². The first-order valence-corrected chi connectivity index (χ1v) is 10.6. The Hall–Kier alpha value is -2.35. The minimum Gasteiger partial charge on any atom is -0.404 e. The van der Waals surface area contributed by atoms with Crippen molar-refractivity contribution in [3.63, 3.8) is 0 Å². The van der Waals surface area contributed by atoms with E-state index in [2.05, 4.69) is 65.0 Å². The first-order chi connectivity index (χ1) is 14.4. The van der Waals surface area contributed by atoms with Gasteiger partial charge in [0.2, 0.25) is 0 Å². The van der Waals surface area contributed by atoms with Gasteiger partial charge in [-0.05, 0) is 29.7 Å². The molecule has 0 spiro atoms. The summed E-state index contributed by atoms with van der Waals surface area (Å²) >= 11 is 0. The van der Waals surface area contributed by atoms with E-state index in [1.54, 1.807) is 0 Å². The third kappa shape index (κ3) is 4.38. The Morgan fingerprint density at radius 1 is 0.833 bits per heavy atom. The molecule has 0 atom stereocenters. The van der Waals surface area contributed by atoms with Gasteiger partial charge in [-0.1, -0.05) is 92.0 Å². The minimum absolute atomic E-state index is 0. The molecule has 1 aromatic heterocycles. The number of anilines is 1. The summed E-state index contributed by atoms with van der Waals surface area (Å²) in [6.07, 6.45) is 10.9. The fourth-order valence-corrected chi connectivity index (χ4v) is 4.36. The van der Waals surface area contributed by atoms with E-state index in [4.69, 9.17) is 9.98 Å². The van der Waals surface area contributed by atoms with Crippen LogP contribution in [0.5, 0.6) is 0 Å². The van der Waals surface area contributed by atoms with E-state index in [1.807, 2.05) is 6.07 Å². The average molecular weight is 568 g/mol. The molecule has 0 amide bonds. The zero-order chi connectivity index (χ0) is 19.5. The molecular weight excluding hydrogens is 543 g/mol. The van der Waals surface area contributed by atoms with Crippen LogP contribution in [-0.4, -0.2) is 21.7 Å². The Balaban J connectivity index is 0.00000218. The fourth-order valence-electron chi connectivity index (χ4n) is 4.36. The van der Waals surface area contributed by atoms with Gasteiger partial charge >= 0.3 is 0 Å². The van der Waals surface area contributed by atoms with Crippen molar-refractivity contribution in [3.05, 3.63) is 77.5 Å². The second-order valence-electron chi connectivity index (χ2n) is 7.90. The van der Waals surface area contributed by atoms with Crippen LogP contribution >= 0.6 is 0 Å². The fraction of sp³-hybridized carbons (Fsp3) is 0.320. The second kappa shape index (κ2) is 9.64. The molecule has 1 radical (unpaired) electrons. The van der Waals surface area contributed by atoms with Crippen molar-refractivity contribution in [2.24, 2.45) is 4.99 Å². The molecule has 3 aromatic rings. The van der Waals surface area contributed by atoms with Crippen LogP contribution in [0.4, 0.5) is 5.95 Å². The van der Waals surface area contributed by atoms with E-state index in [9.17, 15) is 0 Å². The molecule has 1 aliphatic carbocycles. The van der Waals surface area contributed by atoms with Crippen LogP contribution < -0.4 is 5.32 Å². The molecule has 0 unspecified atom stereocenters. The van der Waals surface area contributed by atoms with Crippen molar-refractivity contribution in [3.8, 4) is 11.3 Å². The summed E-state index contributed by atoms with van der Waals surface area (Å²) in [5, 5.41) is 3.57. The van der Waals surface area contributed by atoms with Gasteiger partial charge in [0.1, 0.15) is 5.95 Å². The maximum Gasteiger partial charge on any atom is 0.107 e. The van der Waals surface area contributed by atoms with Gasteiger partial charge in [-0.3, -0.25) is 4.99 Å². The third-order valence-corrected chi connectivity index (χ3v) is 5.87. The van der Waals surface area contributed by atoms with Gasteiger partial charge in [0.15, 0.2) is 0 Å². The van der Waals surface area contributed by atoms with Crippen LogP contribution in [0.1, 0.15) is 55.2 Å². The molecule has 2 aromatic carbocycles. The molecule has 5 rings (SSSR count). The Morgan fingerprint density at radius 2 is 1.53 bits per heavy atom. The van der Waals surface area contributed by atoms with Gasteiger partial charge in [0, 0.05) is 38.6 Å². The van der Waals surface area contributed by atoms with E-state index in [0.717, 1.165) is 33.7 Å². The summed E-state index contributed by atoms with van der Waals surface area (Å²) in [7, 11) is 0. The van der Waals surface area contributed by atoms with E-state index in [1.165, 1.54) is 38.5 Å². The minimum atomic E-state index is 0. The molecule has 30 heavy (non-hydrogen) atoms. The van der Waals surface area contributed by atoms with Crippen molar-refractivity contribution in [2.75, 3.05) is 5.32 Å². The van der Waals surface area contributed by atoms with Crippen molar-refractivity contribution < 1.29 is 20.4 Å². The number of rotatable bonds is 3. The predicted octanol–water partition coefficient (Wildman–Crippen LogP) is 5.43. The molecule has 0 saturated heterocycles. The van der Waals surface area contributed by atoms with Gasteiger partial charge in [-0.2, -0.15) is 0 Å². The number of benzene rings is 2. The maximum absolute atomic E-state index is 4.94. The van der Waals surface area contributed by atoms with Crippen molar-refractivity contribution in [1.82, 2.24) is 9.97 Å². The molecule has 153 valence electrons. The normalized spacial score (nSPS) is 16.2. The summed E-state index contributed by atoms with van der Waals surface area (Å²) < 4.78 is 0. The van der Waals surface area contributed by atoms with Crippen molar-refractivity contribution in [2.45, 2.75) is 51.1 Å². The number of fused-ring (bicyclic) bond motifs is 3. The number of aromatic nitrogens is 2. The standard InChI is InChI=1S/C25H25N4.Re/c1-2-7-13-20(12-6-1)28-25-27-17-19-16-26-23(18-10-4-3-5-11-18)21-14-8-9-15-22(21)24(19)29-25;/h3-5,8-11,14-15,20H,1-2,6-7,12-13,16H2,(H,27,28,29);/q-1;. The summed E-state index contributed by atoms with van der Waals surface area (Å²) in [4.78, 5) is 14.4. The number of nitrogens with one attached hydrogen (secondary N) is 1. The predicted molar refractivity (Wildman–Crippen MR) is 117 cm³/mol. The van der Waals surface area contributed by atoms with E-state index < -0.39 is 0 Å². The maximum atomic E-state index is 4.94. The summed E-state index contributed by atoms with van der Waals surface area (Å²) in [5.41, 5.74) is 6.25. The number of nitrogens with zero attached hydrogens (tertiary/aromatic N) is 3. The molecule has 2 heterocycles. The largest absolute Gasteiger partial charge is 0.404 e. The van der Waals surface area contributed by atoms with Crippen LogP contribution in [0.15, 0.2) is 59.6 Å². The smallest absolute Gasteiger partial charge is 0.107 e. The second-order valence-corrected chi connectivity index (χ2v) is 7.90. The SMILES string of the molecule is [Re].[c-]1nc(NC2CCCCCC2)nc2c1CN=C(c1ccccc1)c1ccccc1-2. The number of hydrogen-bond donors (Lipinski definition) is 1. The van der Waals surface area contributed by atoms with Gasteiger partial charge in [-0.15, -0.1) is 0 Å². The molecule has 0 bridgehead atoms. The first-order valence-electron chi connectivity index (χ1n) is 10.6.